The smallest absolute Gasteiger partial charge is 0.237 e. The van der Waals surface area contributed by atoms with Crippen molar-refractivity contribution in [2.45, 2.75) is 6.61 Å². The van der Waals surface area contributed by atoms with Gasteiger partial charge in [-0.25, -0.2) is 4.98 Å². The molecule has 1 aromatic heterocycles. The number of nitrogens with zero attached hydrogens (tertiary/aromatic N) is 2. The fourth-order valence-electron chi connectivity index (χ4n) is 1.44. The van der Waals surface area contributed by atoms with Gasteiger partial charge in [0, 0.05) is 18.2 Å². The first kappa shape index (κ1) is 13.1. The molecule has 0 aliphatic rings. The zero-order valence-electron chi connectivity index (χ0n) is 10.7. The first-order valence-electron chi connectivity index (χ1n) is 5.58. The maximum absolute atomic E-state index is 8.88. The molecule has 1 N–H and O–H groups in total. The van der Waals surface area contributed by atoms with Gasteiger partial charge in [0.25, 0.3) is 0 Å². The Morgan fingerprint density at radius 3 is 2.05 bits per heavy atom. The number of aliphatic hydroxyl groups is 1. The van der Waals surface area contributed by atoms with Crippen LogP contribution >= 0.6 is 0 Å². The van der Waals surface area contributed by atoms with E-state index in [0.29, 0.717) is 28.8 Å². The van der Waals surface area contributed by atoms with E-state index in [1.54, 1.807) is 32.4 Å². The van der Waals surface area contributed by atoms with Crippen molar-refractivity contribution in [3.8, 4) is 23.1 Å². The van der Waals surface area contributed by atoms with Gasteiger partial charge in [-0.1, -0.05) is 0 Å². The van der Waals surface area contributed by atoms with Crippen molar-refractivity contribution in [1.82, 2.24) is 9.97 Å². The molecule has 6 nitrogen and oxygen atoms in total. The lowest BCUT2D eigenvalue weighted by Crippen LogP contribution is -1.94. The molecule has 100 valence electrons. The third-order valence-electron chi connectivity index (χ3n) is 2.39. The van der Waals surface area contributed by atoms with E-state index in [1.165, 1.54) is 12.4 Å². The Balaban J connectivity index is 2.21. The maximum Gasteiger partial charge on any atom is 0.237 e. The first-order chi connectivity index (χ1) is 9.25. The highest BCUT2D eigenvalue weighted by molar-refractivity contribution is 5.43. The summed E-state index contributed by atoms with van der Waals surface area (Å²) in [5.74, 6) is 2.10. The Morgan fingerprint density at radius 2 is 1.58 bits per heavy atom. The topological polar surface area (TPSA) is 73.7 Å². The molecular formula is C13H14N2O4. The Labute approximate surface area is 110 Å². The third-order valence-corrected chi connectivity index (χ3v) is 2.39. The first-order valence-corrected chi connectivity index (χ1v) is 5.58. The summed E-state index contributed by atoms with van der Waals surface area (Å²) >= 11 is 0. The van der Waals surface area contributed by atoms with Crippen molar-refractivity contribution in [1.29, 1.82) is 0 Å². The number of methoxy groups -OCH3 is 2. The molecule has 0 saturated heterocycles. The van der Waals surface area contributed by atoms with Gasteiger partial charge in [0.1, 0.15) is 17.2 Å². The summed E-state index contributed by atoms with van der Waals surface area (Å²) in [4.78, 5) is 8.01. The van der Waals surface area contributed by atoms with Gasteiger partial charge < -0.3 is 19.3 Å². The van der Waals surface area contributed by atoms with Gasteiger partial charge >= 0.3 is 0 Å². The molecule has 2 rings (SSSR count). The SMILES string of the molecule is COc1cc(OC)cc(Oc2cnc(CO)cn2)c1. The molecule has 0 radical (unpaired) electrons. The van der Waals surface area contributed by atoms with Gasteiger partial charge in [-0.3, -0.25) is 4.98 Å². The molecule has 0 saturated carbocycles. The second kappa shape index (κ2) is 6.01. The van der Waals surface area contributed by atoms with E-state index in [0.717, 1.165) is 0 Å². The molecule has 1 aromatic carbocycles. The van der Waals surface area contributed by atoms with Gasteiger partial charge in [0.05, 0.1) is 38.9 Å². The normalized spacial score (nSPS) is 10.1. The Bertz CT molecular complexity index is 521. The number of hydrogen-bond donors (Lipinski definition) is 1. The highest BCUT2D eigenvalue weighted by Gasteiger charge is 2.05. The minimum Gasteiger partial charge on any atom is -0.496 e. The fraction of sp³-hybridized carbons (Fsp3) is 0.231. The standard InChI is InChI=1S/C13H14N2O4/c1-17-10-3-11(18-2)5-12(4-10)19-13-7-14-9(8-16)6-15-13/h3-7,16H,8H2,1-2H3. The molecule has 6 heteroatoms. The number of aromatic nitrogens is 2. The van der Waals surface area contributed by atoms with Crippen molar-refractivity contribution in [3.05, 3.63) is 36.3 Å². The molecular weight excluding hydrogens is 248 g/mol. The zero-order chi connectivity index (χ0) is 13.7. The van der Waals surface area contributed by atoms with E-state index in [1.807, 2.05) is 0 Å². The molecule has 0 fully saturated rings. The Morgan fingerprint density at radius 1 is 0.947 bits per heavy atom. The van der Waals surface area contributed by atoms with E-state index in [2.05, 4.69) is 9.97 Å². The molecule has 1 heterocycles. The molecule has 19 heavy (non-hydrogen) atoms. The predicted molar refractivity (Wildman–Crippen MR) is 67.6 cm³/mol. The lowest BCUT2D eigenvalue weighted by molar-refractivity contribution is 0.276. The molecule has 2 aromatic rings. The fourth-order valence-corrected chi connectivity index (χ4v) is 1.44. The van der Waals surface area contributed by atoms with Crippen LogP contribution in [0.4, 0.5) is 0 Å². The van der Waals surface area contributed by atoms with E-state index in [9.17, 15) is 0 Å². The predicted octanol–water partition coefficient (Wildman–Crippen LogP) is 1.78. The number of rotatable bonds is 5. The summed E-state index contributed by atoms with van der Waals surface area (Å²) in [5.41, 5.74) is 0.482. The van der Waals surface area contributed by atoms with Crippen LogP contribution in [0, 0.1) is 0 Å². The number of benzene rings is 1. The van der Waals surface area contributed by atoms with Crippen LogP contribution in [0.15, 0.2) is 30.6 Å². The van der Waals surface area contributed by atoms with Crippen molar-refractivity contribution in [3.63, 3.8) is 0 Å². The van der Waals surface area contributed by atoms with Crippen molar-refractivity contribution in [2.75, 3.05) is 14.2 Å². The second-order valence-corrected chi connectivity index (χ2v) is 3.65. The summed E-state index contributed by atoms with van der Waals surface area (Å²) in [7, 11) is 3.13. The van der Waals surface area contributed by atoms with Crippen LogP contribution in [0.3, 0.4) is 0 Å². The largest absolute Gasteiger partial charge is 0.496 e. The van der Waals surface area contributed by atoms with Crippen LogP contribution in [0.5, 0.6) is 23.1 Å². The minimum absolute atomic E-state index is 0.153. The van der Waals surface area contributed by atoms with Crippen molar-refractivity contribution < 1.29 is 19.3 Å². The summed E-state index contributed by atoms with van der Waals surface area (Å²) in [6, 6.07) is 5.17. The van der Waals surface area contributed by atoms with Gasteiger partial charge in [-0.15, -0.1) is 0 Å². The van der Waals surface area contributed by atoms with Crippen molar-refractivity contribution >= 4 is 0 Å². The van der Waals surface area contributed by atoms with Crippen molar-refractivity contribution in [2.24, 2.45) is 0 Å². The molecule has 0 aliphatic heterocycles. The molecule has 0 unspecified atom stereocenters. The van der Waals surface area contributed by atoms with Gasteiger partial charge in [-0.2, -0.15) is 0 Å². The lowest BCUT2D eigenvalue weighted by Gasteiger charge is -2.09. The Kier molecular flexibility index (Phi) is 4.15. The van der Waals surface area contributed by atoms with Crippen LogP contribution < -0.4 is 14.2 Å². The lowest BCUT2D eigenvalue weighted by atomic mass is 10.3. The van der Waals surface area contributed by atoms with Crippen LogP contribution in [-0.2, 0) is 6.61 Å². The summed E-state index contributed by atoms with van der Waals surface area (Å²) in [6.45, 7) is -0.153. The van der Waals surface area contributed by atoms with E-state index in [-0.39, 0.29) is 6.61 Å². The third kappa shape index (κ3) is 3.32. The summed E-state index contributed by atoms with van der Waals surface area (Å²) in [6.07, 6.45) is 2.89. The maximum atomic E-state index is 8.88. The van der Waals surface area contributed by atoms with Crippen LogP contribution in [0.2, 0.25) is 0 Å². The monoisotopic (exact) mass is 262 g/mol. The molecule has 0 spiro atoms. The average Bonchev–Trinajstić information content (AvgIpc) is 2.47. The van der Waals surface area contributed by atoms with Gasteiger partial charge in [0.2, 0.25) is 5.88 Å². The van der Waals surface area contributed by atoms with Gasteiger partial charge in [0.15, 0.2) is 0 Å². The molecule has 0 amide bonds. The number of hydrogen-bond acceptors (Lipinski definition) is 6. The minimum atomic E-state index is -0.153. The Hall–Kier alpha value is -2.34. The van der Waals surface area contributed by atoms with Crippen LogP contribution in [0.25, 0.3) is 0 Å². The van der Waals surface area contributed by atoms with Crippen LogP contribution in [-0.4, -0.2) is 29.3 Å². The van der Waals surface area contributed by atoms with E-state index < -0.39 is 0 Å². The number of ether oxygens (including phenoxy) is 3. The van der Waals surface area contributed by atoms with E-state index >= 15 is 0 Å². The molecule has 0 atom stereocenters. The summed E-state index contributed by atoms with van der Waals surface area (Å²) < 4.78 is 15.8. The molecule has 0 aliphatic carbocycles. The van der Waals surface area contributed by atoms with Crippen LogP contribution in [0.1, 0.15) is 5.69 Å². The number of aliphatic hydroxyl groups excluding tert-OH is 1. The highest BCUT2D eigenvalue weighted by atomic mass is 16.5. The molecule has 0 bridgehead atoms. The second-order valence-electron chi connectivity index (χ2n) is 3.65. The average molecular weight is 262 g/mol. The quantitative estimate of drug-likeness (QED) is 0.885. The summed E-state index contributed by atoms with van der Waals surface area (Å²) in [5, 5.41) is 8.88. The zero-order valence-corrected chi connectivity index (χ0v) is 10.7. The highest BCUT2D eigenvalue weighted by Crippen LogP contribution is 2.29. The van der Waals surface area contributed by atoms with E-state index in [4.69, 9.17) is 19.3 Å². The van der Waals surface area contributed by atoms with Gasteiger partial charge in [-0.05, 0) is 0 Å².